The van der Waals surface area contributed by atoms with E-state index in [0.29, 0.717) is 11.5 Å². The van der Waals surface area contributed by atoms with Gasteiger partial charge in [-0.15, -0.1) is 0 Å². The van der Waals surface area contributed by atoms with Crippen molar-refractivity contribution in [2.45, 2.75) is 33.1 Å². The number of nitrogens with one attached hydrogen (secondary N) is 2. The van der Waals surface area contributed by atoms with Gasteiger partial charge in [0.25, 0.3) is 0 Å². The number of aryl methyl sites for hydroxylation is 1. The average Bonchev–Trinajstić information content (AvgIpc) is 2.32. The summed E-state index contributed by atoms with van der Waals surface area (Å²) in [5.41, 5.74) is 0.258. The van der Waals surface area contributed by atoms with Crippen LogP contribution < -0.4 is 11.0 Å². The number of hydrogen-bond donors (Lipinski definition) is 2. The van der Waals surface area contributed by atoms with Crippen molar-refractivity contribution in [3.8, 4) is 0 Å². The Balaban J connectivity index is 2.18. The van der Waals surface area contributed by atoms with Crippen LogP contribution in [0, 0.1) is 6.92 Å². The third-order valence-corrected chi connectivity index (χ3v) is 2.28. The topological polar surface area (TPSA) is 79.9 Å². The highest BCUT2D eigenvalue weighted by Crippen LogP contribution is 2.02. The van der Waals surface area contributed by atoms with Crippen LogP contribution in [0.1, 0.15) is 31.9 Å². The molecule has 1 aromatic rings. The van der Waals surface area contributed by atoms with E-state index in [-0.39, 0.29) is 0 Å². The van der Waals surface area contributed by atoms with Crippen LogP contribution in [0.2, 0.25) is 0 Å². The molecular weight excluding hydrogens is 220 g/mol. The van der Waals surface area contributed by atoms with Crippen LogP contribution in [-0.4, -0.2) is 34.9 Å². The average molecular weight is 240 g/mol. The van der Waals surface area contributed by atoms with E-state index < -0.39 is 5.69 Å². The minimum Gasteiger partial charge on any atom is -0.381 e. The van der Waals surface area contributed by atoms with Gasteiger partial charge in [0.2, 0.25) is 0 Å². The van der Waals surface area contributed by atoms with Crippen LogP contribution in [0.4, 0.5) is 5.82 Å². The molecule has 0 fully saturated rings. The standard InChI is InChI=1S/C11H20N4O2/c1-3-4-7-17-8-5-6-12-10-9(2)14-15-11(16)13-10/h3-8H2,1-2H3,(H2,12,13,15,16). The molecule has 0 bridgehead atoms. The first-order valence-corrected chi connectivity index (χ1v) is 5.99. The lowest BCUT2D eigenvalue weighted by Gasteiger charge is -2.07. The van der Waals surface area contributed by atoms with Crippen molar-refractivity contribution in [2.75, 3.05) is 25.1 Å². The summed E-state index contributed by atoms with van der Waals surface area (Å²) in [6.07, 6.45) is 3.14. The van der Waals surface area contributed by atoms with E-state index in [9.17, 15) is 4.79 Å². The number of aromatic nitrogens is 3. The summed E-state index contributed by atoms with van der Waals surface area (Å²) in [7, 11) is 0. The Morgan fingerprint density at radius 3 is 2.88 bits per heavy atom. The van der Waals surface area contributed by atoms with Gasteiger partial charge >= 0.3 is 5.69 Å². The lowest BCUT2D eigenvalue weighted by atomic mass is 10.3. The molecule has 0 unspecified atom stereocenters. The monoisotopic (exact) mass is 240 g/mol. The largest absolute Gasteiger partial charge is 0.381 e. The second-order valence-corrected chi connectivity index (χ2v) is 3.82. The second kappa shape index (κ2) is 7.78. The van der Waals surface area contributed by atoms with Crippen LogP contribution >= 0.6 is 0 Å². The van der Waals surface area contributed by atoms with E-state index in [1.807, 2.05) is 0 Å². The van der Waals surface area contributed by atoms with Crippen molar-refractivity contribution in [2.24, 2.45) is 0 Å². The van der Waals surface area contributed by atoms with Crippen molar-refractivity contribution in [3.63, 3.8) is 0 Å². The molecule has 6 heteroatoms. The van der Waals surface area contributed by atoms with Gasteiger partial charge < -0.3 is 10.1 Å². The van der Waals surface area contributed by atoms with Gasteiger partial charge in [-0.3, -0.25) is 0 Å². The SMILES string of the molecule is CCCCOCCCNc1nc(=O)[nH]nc1C. The molecule has 0 saturated carbocycles. The molecule has 1 heterocycles. The predicted octanol–water partition coefficient (Wildman–Crippen LogP) is 1.09. The number of H-pyrrole nitrogens is 1. The molecule has 0 aliphatic carbocycles. The van der Waals surface area contributed by atoms with Gasteiger partial charge in [-0.1, -0.05) is 13.3 Å². The quantitative estimate of drug-likeness (QED) is 0.665. The molecule has 1 rings (SSSR count). The Bertz CT molecular complexity index is 378. The molecule has 0 atom stereocenters. The minimum atomic E-state index is -0.433. The number of rotatable bonds is 8. The zero-order valence-corrected chi connectivity index (χ0v) is 10.5. The van der Waals surface area contributed by atoms with Gasteiger partial charge in [-0.25, -0.2) is 9.89 Å². The van der Waals surface area contributed by atoms with Gasteiger partial charge in [0.05, 0.1) is 0 Å². The van der Waals surface area contributed by atoms with Crippen LogP contribution in [0.15, 0.2) is 4.79 Å². The summed E-state index contributed by atoms with van der Waals surface area (Å²) in [4.78, 5) is 14.8. The van der Waals surface area contributed by atoms with Gasteiger partial charge in [0.15, 0.2) is 5.82 Å². The van der Waals surface area contributed by atoms with E-state index in [1.54, 1.807) is 6.92 Å². The van der Waals surface area contributed by atoms with E-state index in [2.05, 4.69) is 27.4 Å². The third-order valence-electron chi connectivity index (χ3n) is 2.28. The molecule has 0 spiro atoms. The highest BCUT2D eigenvalue weighted by molar-refractivity contribution is 5.37. The summed E-state index contributed by atoms with van der Waals surface area (Å²) in [6.45, 7) is 6.20. The maximum atomic E-state index is 11.0. The molecule has 0 aromatic carbocycles. The van der Waals surface area contributed by atoms with Crippen molar-refractivity contribution in [3.05, 3.63) is 16.2 Å². The van der Waals surface area contributed by atoms with Gasteiger partial charge in [-0.05, 0) is 19.8 Å². The van der Waals surface area contributed by atoms with E-state index in [4.69, 9.17) is 4.74 Å². The fraction of sp³-hybridized carbons (Fsp3) is 0.727. The van der Waals surface area contributed by atoms with E-state index in [1.165, 1.54) is 0 Å². The smallest absolute Gasteiger partial charge is 0.363 e. The molecular formula is C11H20N4O2. The predicted molar refractivity (Wildman–Crippen MR) is 66.2 cm³/mol. The second-order valence-electron chi connectivity index (χ2n) is 3.82. The number of anilines is 1. The maximum Gasteiger partial charge on any atom is 0.363 e. The lowest BCUT2D eigenvalue weighted by Crippen LogP contribution is -2.18. The normalized spacial score (nSPS) is 10.5. The molecule has 2 N–H and O–H groups in total. The zero-order valence-electron chi connectivity index (χ0n) is 10.5. The molecule has 0 saturated heterocycles. The molecule has 96 valence electrons. The molecule has 1 aromatic heterocycles. The van der Waals surface area contributed by atoms with E-state index >= 15 is 0 Å². The number of nitrogens with zero attached hydrogens (tertiary/aromatic N) is 2. The fourth-order valence-electron chi connectivity index (χ4n) is 1.29. The van der Waals surface area contributed by atoms with Gasteiger partial charge in [0, 0.05) is 19.8 Å². The van der Waals surface area contributed by atoms with Gasteiger partial charge in [0.1, 0.15) is 5.69 Å². The zero-order chi connectivity index (χ0) is 12.5. The first kappa shape index (κ1) is 13.6. The van der Waals surface area contributed by atoms with E-state index in [0.717, 1.165) is 39.0 Å². The molecule has 0 aliphatic rings. The van der Waals surface area contributed by atoms with Crippen LogP contribution in [0.5, 0.6) is 0 Å². The molecule has 0 aliphatic heterocycles. The molecule has 0 radical (unpaired) electrons. The Morgan fingerprint density at radius 1 is 1.35 bits per heavy atom. The third kappa shape index (κ3) is 5.44. The van der Waals surface area contributed by atoms with Crippen LogP contribution in [-0.2, 0) is 4.74 Å². The fourth-order valence-corrected chi connectivity index (χ4v) is 1.29. The lowest BCUT2D eigenvalue weighted by molar-refractivity contribution is 0.131. The van der Waals surface area contributed by atoms with Crippen molar-refractivity contribution in [1.82, 2.24) is 15.2 Å². The summed E-state index contributed by atoms with van der Waals surface area (Å²) in [6, 6.07) is 0. The molecule has 17 heavy (non-hydrogen) atoms. The van der Waals surface area contributed by atoms with Crippen molar-refractivity contribution < 1.29 is 4.74 Å². The Labute approximate surface area is 101 Å². The number of hydrogen-bond acceptors (Lipinski definition) is 5. The number of ether oxygens (including phenoxy) is 1. The van der Waals surface area contributed by atoms with Crippen molar-refractivity contribution >= 4 is 5.82 Å². The summed E-state index contributed by atoms with van der Waals surface area (Å²) < 4.78 is 5.42. The maximum absolute atomic E-state index is 11.0. The van der Waals surface area contributed by atoms with Crippen LogP contribution in [0.25, 0.3) is 0 Å². The van der Waals surface area contributed by atoms with Crippen molar-refractivity contribution in [1.29, 1.82) is 0 Å². The minimum absolute atomic E-state index is 0.433. The van der Waals surface area contributed by atoms with Crippen LogP contribution in [0.3, 0.4) is 0 Å². The first-order chi connectivity index (χ1) is 8.24. The first-order valence-electron chi connectivity index (χ1n) is 5.99. The molecule has 0 amide bonds. The summed E-state index contributed by atoms with van der Waals surface area (Å²) in [5.74, 6) is 0.544. The Kier molecular flexibility index (Phi) is 6.24. The highest BCUT2D eigenvalue weighted by atomic mass is 16.5. The van der Waals surface area contributed by atoms with Gasteiger partial charge in [-0.2, -0.15) is 10.1 Å². The molecule has 6 nitrogen and oxygen atoms in total. The summed E-state index contributed by atoms with van der Waals surface area (Å²) >= 11 is 0. The Morgan fingerprint density at radius 2 is 2.12 bits per heavy atom. The highest BCUT2D eigenvalue weighted by Gasteiger charge is 2.00. The number of aromatic amines is 1. The summed E-state index contributed by atoms with van der Waals surface area (Å²) in [5, 5.41) is 9.18. The number of unbranched alkanes of at least 4 members (excludes halogenated alkanes) is 1. The Hall–Kier alpha value is -1.43.